The van der Waals surface area contributed by atoms with E-state index in [1.165, 1.54) is 0 Å². The van der Waals surface area contributed by atoms with Crippen molar-refractivity contribution < 1.29 is 13.2 Å². The summed E-state index contributed by atoms with van der Waals surface area (Å²) in [6.07, 6.45) is 1.91. The van der Waals surface area contributed by atoms with Gasteiger partial charge in [0, 0.05) is 19.1 Å². The molecular formula is C17H29ClN2O3S. The molecule has 0 aliphatic carbocycles. The van der Waals surface area contributed by atoms with Crippen LogP contribution in [0.1, 0.15) is 39.2 Å². The zero-order valence-electron chi connectivity index (χ0n) is 14.9. The van der Waals surface area contributed by atoms with Crippen molar-refractivity contribution in [3.05, 3.63) is 23.8 Å². The minimum absolute atomic E-state index is 0. The molecule has 1 aliphatic rings. The molecule has 138 valence electrons. The van der Waals surface area contributed by atoms with Gasteiger partial charge in [-0.1, -0.05) is 0 Å². The average molecular weight is 377 g/mol. The molecule has 0 bridgehead atoms. The van der Waals surface area contributed by atoms with Gasteiger partial charge in [-0.05, 0) is 70.2 Å². The maximum Gasteiger partial charge on any atom is 0.243 e. The number of halogens is 1. The highest BCUT2D eigenvalue weighted by molar-refractivity contribution is 7.89. The van der Waals surface area contributed by atoms with Gasteiger partial charge in [-0.25, -0.2) is 8.42 Å². The third kappa shape index (κ3) is 4.85. The molecule has 0 amide bonds. The van der Waals surface area contributed by atoms with E-state index in [4.69, 9.17) is 10.5 Å². The van der Waals surface area contributed by atoms with Crippen LogP contribution in [-0.2, 0) is 10.0 Å². The van der Waals surface area contributed by atoms with Gasteiger partial charge in [0.25, 0.3) is 0 Å². The highest BCUT2D eigenvalue weighted by Gasteiger charge is 2.31. The van der Waals surface area contributed by atoms with Crippen molar-refractivity contribution in [2.24, 2.45) is 11.7 Å². The standard InChI is InChI=1S/C17H28N2O3S.ClH/c1-12(2)22-17-8-7-16(10-13(17)3)23(20,21)19-9-5-6-15(11-19)14(4)18;/h7-8,10,12,14-15H,5-6,9,11,18H2,1-4H3;1H. The maximum atomic E-state index is 12.9. The number of hydrogen-bond donors (Lipinski definition) is 1. The third-order valence-corrected chi connectivity index (χ3v) is 6.17. The van der Waals surface area contributed by atoms with Crippen molar-refractivity contribution in [1.82, 2.24) is 4.31 Å². The number of sulfonamides is 1. The Kier molecular flexibility index (Phi) is 7.53. The first kappa shape index (κ1) is 21.2. The van der Waals surface area contributed by atoms with Crippen LogP contribution in [0.15, 0.2) is 23.1 Å². The highest BCUT2D eigenvalue weighted by Crippen LogP contribution is 2.28. The molecule has 2 rings (SSSR count). The molecule has 2 N–H and O–H groups in total. The summed E-state index contributed by atoms with van der Waals surface area (Å²) < 4.78 is 33.0. The van der Waals surface area contributed by atoms with Crippen molar-refractivity contribution in [1.29, 1.82) is 0 Å². The Bertz CT molecular complexity index is 647. The van der Waals surface area contributed by atoms with Crippen molar-refractivity contribution in [2.75, 3.05) is 13.1 Å². The Labute approximate surface area is 152 Å². The van der Waals surface area contributed by atoms with Crippen molar-refractivity contribution in [3.8, 4) is 5.75 Å². The molecule has 2 atom stereocenters. The fourth-order valence-electron chi connectivity index (χ4n) is 2.94. The van der Waals surface area contributed by atoms with Gasteiger partial charge in [0.1, 0.15) is 5.75 Å². The van der Waals surface area contributed by atoms with E-state index in [-0.39, 0.29) is 30.5 Å². The Hall–Kier alpha value is -0.820. The van der Waals surface area contributed by atoms with E-state index < -0.39 is 10.0 Å². The Balaban J connectivity index is 0.00000288. The van der Waals surface area contributed by atoms with Crippen LogP contribution in [0, 0.1) is 12.8 Å². The van der Waals surface area contributed by atoms with E-state index in [9.17, 15) is 8.42 Å². The van der Waals surface area contributed by atoms with E-state index in [1.54, 1.807) is 22.5 Å². The molecule has 1 fully saturated rings. The van der Waals surface area contributed by atoms with E-state index in [2.05, 4.69) is 0 Å². The van der Waals surface area contributed by atoms with Crippen LogP contribution < -0.4 is 10.5 Å². The molecule has 0 spiro atoms. The fourth-order valence-corrected chi connectivity index (χ4v) is 4.56. The molecule has 0 aromatic heterocycles. The monoisotopic (exact) mass is 376 g/mol. The number of benzene rings is 1. The molecule has 5 nitrogen and oxygen atoms in total. The molecule has 1 aromatic carbocycles. The number of nitrogens with two attached hydrogens (primary N) is 1. The minimum atomic E-state index is -3.47. The zero-order valence-corrected chi connectivity index (χ0v) is 16.5. The minimum Gasteiger partial charge on any atom is -0.491 e. The quantitative estimate of drug-likeness (QED) is 0.857. The summed E-state index contributed by atoms with van der Waals surface area (Å²) in [6, 6.07) is 5.09. The first-order chi connectivity index (χ1) is 10.7. The SMILES string of the molecule is Cc1cc(S(=O)(=O)N2CCCC(C(C)N)C2)ccc1OC(C)C.Cl. The number of aryl methyl sites for hydroxylation is 1. The van der Waals surface area contributed by atoms with Crippen molar-refractivity contribution >= 4 is 22.4 Å². The lowest BCUT2D eigenvalue weighted by molar-refractivity contribution is 0.240. The van der Waals surface area contributed by atoms with Gasteiger partial charge >= 0.3 is 0 Å². The van der Waals surface area contributed by atoms with Gasteiger partial charge in [-0.3, -0.25) is 0 Å². The lowest BCUT2D eigenvalue weighted by atomic mass is 9.93. The van der Waals surface area contributed by atoms with Crippen LogP contribution in [-0.4, -0.2) is 38.0 Å². The second kappa shape index (κ2) is 8.52. The van der Waals surface area contributed by atoms with Crippen molar-refractivity contribution in [3.63, 3.8) is 0 Å². The summed E-state index contributed by atoms with van der Waals surface area (Å²) in [5, 5.41) is 0. The summed E-state index contributed by atoms with van der Waals surface area (Å²) in [4.78, 5) is 0.330. The Morgan fingerprint density at radius 3 is 2.50 bits per heavy atom. The van der Waals surface area contributed by atoms with E-state index in [1.807, 2.05) is 27.7 Å². The molecule has 1 aliphatic heterocycles. The zero-order chi connectivity index (χ0) is 17.2. The van der Waals surface area contributed by atoms with Crippen LogP contribution in [0.25, 0.3) is 0 Å². The molecule has 1 heterocycles. The lowest BCUT2D eigenvalue weighted by Crippen LogP contribution is -2.44. The number of rotatable bonds is 5. The normalized spacial score (nSPS) is 20.5. The van der Waals surface area contributed by atoms with Crippen LogP contribution in [0.5, 0.6) is 5.75 Å². The Morgan fingerprint density at radius 2 is 1.96 bits per heavy atom. The number of ether oxygens (including phenoxy) is 1. The topological polar surface area (TPSA) is 72.6 Å². The summed E-state index contributed by atoms with van der Waals surface area (Å²) in [5.74, 6) is 0.953. The first-order valence-corrected chi connectivity index (χ1v) is 9.69. The van der Waals surface area contributed by atoms with Gasteiger partial charge < -0.3 is 10.5 Å². The number of hydrogen-bond acceptors (Lipinski definition) is 4. The predicted molar refractivity (Wildman–Crippen MR) is 99.3 cm³/mol. The molecule has 24 heavy (non-hydrogen) atoms. The lowest BCUT2D eigenvalue weighted by Gasteiger charge is -2.33. The maximum absolute atomic E-state index is 12.9. The van der Waals surface area contributed by atoms with Gasteiger partial charge in [0.15, 0.2) is 0 Å². The average Bonchev–Trinajstić information content (AvgIpc) is 2.49. The van der Waals surface area contributed by atoms with E-state index in [0.29, 0.717) is 18.0 Å². The Morgan fingerprint density at radius 1 is 1.29 bits per heavy atom. The molecular weight excluding hydrogens is 348 g/mol. The molecule has 1 saturated heterocycles. The second-order valence-corrected chi connectivity index (χ2v) is 8.66. The second-order valence-electron chi connectivity index (χ2n) is 6.72. The van der Waals surface area contributed by atoms with Gasteiger partial charge in [-0.15, -0.1) is 12.4 Å². The summed E-state index contributed by atoms with van der Waals surface area (Å²) in [7, 11) is -3.47. The summed E-state index contributed by atoms with van der Waals surface area (Å²) >= 11 is 0. The van der Waals surface area contributed by atoms with Crippen LogP contribution in [0.3, 0.4) is 0 Å². The van der Waals surface area contributed by atoms with Crippen molar-refractivity contribution in [2.45, 2.75) is 57.6 Å². The fraction of sp³-hybridized carbons (Fsp3) is 0.647. The number of piperidine rings is 1. The number of nitrogens with zero attached hydrogens (tertiary/aromatic N) is 1. The third-order valence-electron chi connectivity index (χ3n) is 4.31. The molecule has 0 saturated carbocycles. The highest BCUT2D eigenvalue weighted by atomic mass is 35.5. The van der Waals surface area contributed by atoms with Crippen LogP contribution >= 0.6 is 12.4 Å². The van der Waals surface area contributed by atoms with Crippen LogP contribution in [0.2, 0.25) is 0 Å². The molecule has 2 unspecified atom stereocenters. The molecule has 0 radical (unpaired) electrons. The summed E-state index contributed by atoms with van der Waals surface area (Å²) in [5.41, 5.74) is 6.80. The van der Waals surface area contributed by atoms with E-state index >= 15 is 0 Å². The summed E-state index contributed by atoms with van der Waals surface area (Å²) in [6.45, 7) is 8.79. The largest absolute Gasteiger partial charge is 0.491 e. The molecule has 1 aromatic rings. The van der Waals surface area contributed by atoms with E-state index in [0.717, 1.165) is 24.2 Å². The van der Waals surface area contributed by atoms with Gasteiger partial charge in [0.05, 0.1) is 11.0 Å². The van der Waals surface area contributed by atoms with Gasteiger partial charge in [-0.2, -0.15) is 4.31 Å². The first-order valence-electron chi connectivity index (χ1n) is 8.25. The smallest absolute Gasteiger partial charge is 0.243 e. The predicted octanol–water partition coefficient (Wildman–Crippen LogP) is 2.95. The van der Waals surface area contributed by atoms with Gasteiger partial charge in [0.2, 0.25) is 10.0 Å². The van der Waals surface area contributed by atoms with Crippen LogP contribution in [0.4, 0.5) is 0 Å². The molecule has 7 heteroatoms.